The minimum atomic E-state index is -0.280. The lowest BCUT2D eigenvalue weighted by Gasteiger charge is -2.28. The van der Waals surface area contributed by atoms with Crippen molar-refractivity contribution < 1.29 is 14.2 Å². The third-order valence-corrected chi connectivity index (χ3v) is 5.10. The van der Waals surface area contributed by atoms with Gasteiger partial charge in [-0.05, 0) is 35.7 Å². The number of nitrogens with two attached hydrogens (primary N) is 1. The van der Waals surface area contributed by atoms with E-state index in [1.54, 1.807) is 21.3 Å². The number of hydrogen-bond donors (Lipinski definition) is 1. The molecule has 0 heterocycles. The Balaban J connectivity index is 2.08. The molecule has 0 aliphatic carbocycles. The van der Waals surface area contributed by atoms with Crippen LogP contribution in [0.5, 0.6) is 17.2 Å². The van der Waals surface area contributed by atoms with Gasteiger partial charge in [0.15, 0.2) is 0 Å². The standard InChI is InChI=1S/C24H27NO3/c1-26-21-13-7-4-10-17(21)16-20(18-11-5-8-14-22(18)27-2)24(25)19-12-6-9-15-23(19)28-3/h4-15,20,24H,16,25H2,1-3H3. The van der Waals surface area contributed by atoms with Gasteiger partial charge >= 0.3 is 0 Å². The summed E-state index contributed by atoms with van der Waals surface area (Å²) in [6.07, 6.45) is 0.712. The van der Waals surface area contributed by atoms with Crippen LogP contribution in [0.25, 0.3) is 0 Å². The molecule has 2 unspecified atom stereocenters. The van der Waals surface area contributed by atoms with Gasteiger partial charge in [0.05, 0.1) is 21.3 Å². The maximum Gasteiger partial charge on any atom is 0.123 e. The Morgan fingerprint density at radius 1 is 0.643 bits per heavy atom. The maximum absolute atomic E-state index is 6.83. The fourth-order valence-corrected chi connectivity index (χ4v) is 3.67. The summed E-state index contributed by atoms with van der Waals surface area (Å²) in [7, 11) is 5.05. The van der Waals surface area contributed by atoms with Gasteiger partial charge in [-0.3, -0.25) is 0 Å². The van der Waals surface area contributed by atoms with E-state index in [-0.39, 0.29) is 12.0 Å². The van der Waals surface area contributed by atoms with Crippen molar-refractivity contribution in [3.63, 3.8) is 0 Å². The van der Waals surface area contributed by atoms with E-state index >= 15 is 0 Å². The molecule has 0 saturated carbocycles. The molecule has 3 rings (SSSR count). The van der Waals surface area contributed by atoms with Crippen molar-refractivity contribution >= 4 is 0 Å². The van der Waals surface area contributed by atoms with E-state index in [1.165, 1.54) is 0 Å². The van der Waals surface area contributed by atoms with Crippen LogP contribution in [0.4, 0.5) is 0 Å². The predicted octanol–water partition coefficient (Wildman–Crippen LogP) is 4.74. The summed E-state index contributed by atoms with van der Waals surface area (Å²) in [6.45, 7) is 0. The molecule has 0 aliphatic heterocycles. The first-order valence-corrected chi connectivity index (χ1v) is 9.32. The van der Waals surface area contributed by atoms with Crippen LogP contribution >= 0.6 is 0 Å². The average molecular weight is 377 g/mol. The number of rotatable bonds is 8. The molecule has 3 aromatic rings. The number of methoxy groups -OCH3 is 3. The first-order valence-electron chi connectivity index (χ1n) is 9.32. The predicted molar refractivity (Wildman–Crippen MR) is 112 cm³/mol. The van der Waals surface area contributed by atoms with Crippen LogP contribution in [0.3, 0.4) is 0 Å². The van der Waals surface area contributed by atoms with Gasteiger partial charge in [-0.1, -0.05) is 54.6 Å². The molecular weight excluding hydrogens is 350 g/mol. The fraction of sp³-hybridized carbons (Fsp3) is 0.250. The van der Waals surface area contributed by atoms with Crippen molar-refractivity contribution in [2.45, 2.75) is 18.4 Å². The number of hydrogen-bond acceptors (Lipinski definition) is 4. The third-order valence-electron chi connectivity index (χ3n) is 5.10. The van der Waals surface area contributed by atoms with E-state index < -0.39 is 0 Å². The van der Waals surface area contributed by atoms with Crippen LogP contribution in [-0.4, -0.2) is 21.3 Å². The molecule has 3 aromatic carbocycles. The van der Waals surface area contributed by atoms with Gasteiger partial charge in [-0.15, -0.1) is 0 Å². The molecule has 2 atom stereocenters. The van der Waals surface area contributed by atoms with Crippen molar-refractivity contribution in [3.05, 3.63) is 89.5 Å². The summed E-state index contributed by atoms with van der Waals surface area (Å²) in [4.78, 5) is 0. The lowest BCUT2D eigenvalue weighted by atomic mass is 9.82. The summed E-state index contributed by atoms with van der Waals surface area (Å²) in [5, 5.41) is 0. The van der Waals surface area contributed by atoms with Gasteiger partial charge in [0.2, 0.25) is 0 Å². The monoisotopic (exact) mass is 377 g/mol. The van der Waals surface area contributed by atoms with E-state index in [0.29, 0.717) is 6.42 Å². The first-order chi connectivity index (χ1) is 13.7. The van der Waals surface area contributed by atoms with Crippen molar-refractivity contribution in [2.24, 2.45) is 5.73 Å². The van der Waals surface area contributed by atoms with Crippen molar-refractivity contribution in [2.75, 3.05) is 21.3 Å². The molecule has 4 heteroatoms. The van der Waals surface area contributed by atoms with Crippen LogP contribution in [0.15, 0.2) is 72.8 Å². The highest BCUT2D eigenvalue weighted by molar-refractivity contribution is 5.44. The van der Waals surface area contributed by atoms with Crippen LogP contribution in [0.2, 0.25) is 0 Å². The lowest BCUT2D eigenvalue weighted by molar-refractivity contribution is 0.385. The average Bonchev–Trinajstić information content (AvgIpc) is 2.77. The van der Waals surface area contributed by atoms with Crippen molar-refractivity contribution in [3.8, 4) is 17.2 Å². The smallest absolute Gasteiger partial charge is 0.123 e. The highest BCUT2D eigenvalue weighted by atomic mass is 16.5. The summed E-state index contributed by atoms with van der Waals surface area (Å²) < 4.78 is 16.8. The fourth-order valence-electron chi connectivity index (χ4n) is 3.67. The molecule has 28 heavy (non-hydrogen) atoms. The Labute approximate surface area is 166 Å². The summed E-state index contributed by atoms with van der Waals surface area (Å²) in [6, 6.07) is 23.7. The van der Waals surface area contributed by atoms with Gasteiger partial charge in [0, 0.05) is 17.5 Å². The highest BCUT2D eigenvalue weighted by Gasteiger charge is 2.27. The molecule has 0 aliphatic rings. The summed E-state index contributed by atoms with van der Waals surface area (Å²) >= 11 is 0. The van der Waals surface area contributed by atoms with Crippen LogP contribution in [-0.2, 0) is 6.42 Å². The van der Waals surface area contributed by atoms with Crippen LogP contribution in [0, 0.1) is 0 Å². The third kappa shape index (κ3) is 4.12. The molecule has 0 fully saturated rings. The van der Waals surface area contributed by atoms with E-state index in [2.05, 4.69) is 12.1 Å². The van der Waals surface area contributed by atoms with Gasteiger partial charge in [-0.25, -0.2) is 0 Å². The topological polar surface area (TPSA) is 53.7 Å². The minimum absolute atomic E-state index is 0.0243. The Morgan fingerprint density at radius 3 is 1.71 bits per heavy atom. The summed E-state index contributed by atoms with van der Waals surface area (Å²) in [5.74, 6) is 2.45. The summed E-state index contributed by atoms with van der Waals surface area (Å²) in [5.41, 5.74) is 9.97. The second-order valence-electron chi connectivity index (χ2n) is 6.63. The van der Waals surface area contributed by atoms with Gasteiger partial charge in [0.25, 0.3) is 0 Å². The molecule has 0 radical (unpaired) electrons. The minimum Gasteiger partial charge on any atom is -0.496 e. The Kier molecular flexibility index (Phi) is 6.56. The van der Waals surface area contributed by atoms with Crippen LogP contribution < -0.4 is 19.9 Å². The number of para-hydroxylation sites is 3. The zero-order valence-corrected chi connectivity index (χ0v) is 16.6. The molecule has 0 spiro atoms. The second kappa shape index (κ2) is 9.29. The largest absolute Gasteiger partial charge is 0.496 e. The quantitative estimate of drug-likeness (QED) is 0.616. The van der Waals surface area contributed by atoms with E-state index in [1.807, 2.05) is 60.7 Å². The Morgan fingerprint density at radius 2 is 1.11 bits per heavy atom. The van der Waals surface area contributed by atoms with Crippen molar-refractivity contribution in [1.29, 1.82) is 0 Å². The highest BCUT2D eigenvalue weighted by Crippen LogP contribution is 2.40. The van der Waals surface area contributed by atoms with Gasteiger partial charge < -0.3 is 19.9 Å². The molecule has 0 saturated heterocycles. The molecule has 2 N–H and O–H groups in total. The molecular formula is C24H27NO3. The zero-order chi connectivity index (χ0) is 19.9. The Bertz CT molecular complexity index is 910. The van der Waals surface area contributed by atoms with Gasteiger partial charge in [-0.2, -0.15) is 0 Å². The molecule has 0 amide bonds. The normalized spacial score (nSPS) is 12.9. The Hall–Kier alpha value is -2.98. The zero-order valence-electron chi connectivity index (χ0n) is 16.6. The lowest BCUT2D eigenvalue weighted by Crippen LogP contribution is -2.23. The maximum atomic E-state index is 6.83. The SMILES string of the molecule is COc1ccccc1CC(c1ccccc1OC)C(N)c1ccccc1OC. The van der Waals surface area contributed by atoms with E-state index in [4.69, 9.17) is 19.9 Å². The first kappa shape index (κ1) is 19.8. The van der Waals surface area contributed by atoms with E-state index in [0.717, 1.165) is 33.9 Å². The van der Waals surface area contributed by atoms with Crippen molar-refractivity contribution in [1.82, 2.24) is 0 Å². The molecule has 0 bridgehead atoms. The molecule has 4 nitrogen and oxygen atoms in total. The molecule has 0 aromatic heterocycles. The number of ether oxygens (including phenoxy) is 3. The van der Waals surface area contributed by atoms with Crippen LogP contribution in [0.1, 0.15) is 28.7 Å². The molecule has 146 valence electrons. The second-order valence-corrected chi connectivity index (χ2v) is 6.63. The number of benzene rings is 3. The van der Waals surface area contributed by atoms with E-state index in [9.17, 15) is 0 Å². The van der Waals surface area contributed by atoms with Gasteiger partial charge in [0.1, 0.15) is 17.2 Å².